The number of aliphatic hydroxyl groups excluding tert-OH is 2. The number of carbonyl (C=O) groups excluding carboxylic acids is 1. The Labute approximate surface area is 139 Å². The van der Waals surface area contributed by atoms with E-state index in [0.29, 0.717) is 0 Å². The van der Waals surface area contributed by atoms with E-state index in [1.165, 1.54) is 19.1 Å². The van der Waals surface area contributed by atoms with E-state index < -0.39 is 52.3 Å². The van der Waals surface area contributed by atoms with Gasteiger partial charge in [-0.25, -0.2) is 17.5 Å². The topological polar surface area (TPSA) is 113 Å². The minimum atomic E-state index is -3.99. The molecule has 7 nitrogen and oxygen atoms in total. The molecular weight excluding hydrogens is 341 g/mol. The Morgan fingerprint density at radius 3 is 2.50 bits per heavy atom. The van der Waals surface area contributed by atoms with Gasteiger partial charge in [0.15, 0.2) is 6.17 Å². The molecule has 0 saturated carbocycles. The fraction of sp³-hybridized carbons (Fsp3) is 0.533. The summed E-state index contributed by atoms with van der Waals surface area (Å²) in [4.78, 5) is 11.9. The number of halogens is 1. The predicted octanol–water partition coefficient (Wildman–Crippen LogP) is -0.0165. The number of sulfonamides is 1. The predicted molar refractivity (Wildman–Crippen MR) is 83.6 cm³/mol. The number of aliphatic hydroxyl groups is 2. The molecule has 1 aromatic carbocycles. The van der Waals surface area contributed by atoms with Crippen molar-refractivity contribution in [1.29, 1.82) is 0 Å². The highest BCUT2D eigenvalue weighted by Gasteiger charge is 2.43. The largest absolute Gasteiger partial charge is 0.388 e. The normalized spacial score (nSPS) is 30.8. The second-order valence-corrected chi connectivity index (χ2v) is 7.55. The lowest BCUT2D eigenvalue weighted by molar-refractivity contribution is -0.198. The maximum Gasteiger partial charge on any atom is 0.264 e. The summed E-state index contributed by atoms with van der Waals surface area (Å²) in [6.45, 7) is 1.46. The Bertz CT molecular complexity index is 668. The van der Waals surface area contributed by atoms with E-state index in [2.05, 4.69) is 0 Å². The average Bonchev–Trinajstić information content (AvgIpc) is 2.55. The standard InChI is InChI=1S/C15H20FNO6S/c1-9-13(18)14(19)12(16)11(23-9)7-8-24(21,22)17-15(20)10-5-3-2-4-6-10/h2-6,9,11-14,18-19H,7-8H2,1H3,(H,17,20)/t9?,11?,12?,13-,14+/m1/s1. The minimum absolute atomic E-state index is 0.186. The quantitative estimate of drug-likeness (QED) is 0.680. The first-order valence-electron chi connectivity index (χ1n) is 7.47. The molecule has 0 bridgehead atoms. The van der Waals surface area contributed by atoms with Gasteiger partial charge in [-0.05, 0) is 25.5 Å². The molecule has 3 unspecified atom stereocenters. The highest BCUT2D eigenvalue weighted by atomic mass is 32.2. The zero-order chi connectivity index (χ0) is 17.9. The summed E-state index contributed by atoms with van der Waals surface area (Å²) in [7, 11) is -3.99. The van der Waals surface area contributed by atoms with Crippen LogP contribution in [-0.4, -0.2) is 60.9 Å². The van der Waals surface area contributed by atoms with Crippen molar-refractivity contribution >= 4 is 15.9 Å². The molecule has 1 amide bonds. The third-order valence-corrected chi connectivity index (χ3v) is 5.13. The fourth-order valence-electron chi connectivity index (χ4n) is 2.46. The first-order chi connectivity index (χ1) is 11.2. The molecule has 0 aromatic heterocycles. The van der Waals surface area contributed by atoms with Gasteiger partial charge in [-0.1, -0.05) is 18.2 Å². The SMILES string of the molecule is CC1OC(CCS(=O)(=O)NC(=O)c2ccccc2)C(F)[C@H](O)[C@@H]1O. The van der Waals surface area contributed by atoms with Gasteiger partial charge in [0.25, 0.3) is 5.91 Å². The van der Waals surface area contributed by atoms with E-state index in [0.717, 1.165) is 0 Å². The Morgan fingerprint density at radius 2 is 1.88 bits per heavy atom. The van der Waals surface area contributed by atoms with E-state index in [1.54, 1.807) is 18.2 Å². The first-order valence-corrected chi connectivity index (χ1v) is 9.12. The lowest BCUT2D eigenvalue weighted by Gasteiger charge is -2.38. The summed E-state index contributed by atoms with van der Waals surface area (Å²) < 4.78 is 45.0. The Kier molecular flexibility index (Phi) is 5.92. The maximum absolute atomic E-state index is 14.0. The number of amides is 1. The van der Waals surface area contributed by atoms with Crippen molar-refractivity contribution in [3.63, 3.8) is 0 Å². The summed E-state index contributed by atoms with van der Waals surface area (Å²) in [5.41, 5.74) is 0.186. The third-order valence-electron chi connectivity index (χ3n) is 3.86. The van der Waals surface area contributed by atoms with Gasteiger partial charge in [-0.15, -0.1) is 0 Å². The molecule has 0 radical (unpaired) electrons. The van der Waals surface area contributed by atoms with Crippen LogP contribution in [-0.2, 0) is 14.8 Å². The molecular formula is C15H20FNO6S. The molecule has 134 valence electrons. The number of benzene rings is 1. The highest BCUT2D eigenvalue weighted by Crippen LogP contribution is 2.25. The van der Waals surface area contributed by atoms with Gasteiger partial charge in [-0.2, -0.15) is 0 Å². The molecule has 0 spiro atoms. The molecule has 1 heterocycles. The van der Waals surface area contributed by atoms with Crippen molar-refractivity contribution in [3.8, 4) is 0 Å². The van der Waals surface area contributed by atoms with Crippen LogP contribution in [0, 0.1) is 0 Å². The van der Waals surface area contributed by atoms with E-state index >= 15 is 0 Å². The Balaban J connectivity index is 1.94. The molecule has 1 aliphatic heterocycles. The second kappa shape index (κ2) is 7.56. The summed E-state index contributed by atoms with van der Waals surface area (Å²) in [6, 6.07) is 7.81. The number of rotatable bonds is 5. The van der Waals surface area contributed by atoms with Gasteiger partial charge in [-0.3, -0.25) is 4.79 Å². The molecule has 0 aliphatic carbocycles. The number of nitrogens with one attached hydrogen (secondary N) is 1. The monoisotopic (exact) mass is 361 g/mol. The molecule has 1 fully saturated rings. The van der Waals surface area contributed by atoms with Crippen molar-refractivity contribution in [1.82, 2.24) is 4.72 Å². The molecule has 2 rings (SSSR count). The smallest absolute Gasteiger partial charge is 0.264 e. The van der Waals surface area contributed by atoms with Crippen LogP contribution in [0.4, 0.5) is 4.39 Å². The minimum Gasteiger partial charge on any atom is -0.388 e. The fourth-order valence-corrected chi connectivity index (χ4v) is 3.50. The maximum atomic E-state index is 14.0. The number of carbonyl (C=O) groups is 1. The summed E-state index contributed by atoms with van der Waals surface area (Å²) >= 11 is 0. The van der Waals surface area contributed by atoms with Crippen molar-refractivity contribution in [3.05, 3.63) is 35.9 Å². The van der Waals surface area contributed by atoms with Crippen molar-refractivity contribution in [2.24, 2.45) is 0 Å². The van der Waals surface area contributed by atoms with Gasteiger partial charge >= 0.3 is 0 Å². The number of hydrogen-bond donors (Lipinski definition) is 3. The van der Waals surface area contributed by atoms with Gasteiger partial charge in [0.05, 0.1) is 18.0 Å². The zero-order valence-electron chi connectivity index (χ0n) is 13.0. The van der Waals surface area contributed by atoms with E-state index in [9.17, 15) is 27.8 Å². The summed E-state index contributed by atoms with van der Waals surface area (Å²) in [5, 5.41) is 19.1. The summed E-state index contributed by atoms with van der Waals surface area (Å²) in [6.07, 6.45) is -7.17. The van der Waals surface area contributed by atoms with Crippen molar-refractivity contribution < 1.29 is 32.6 Å². The number of alkyl halides is 1. The van der Waals surface area contributed by atoms with Gasteiger partial charge in [0.1, 0.15) is 12.2 Å². The van der Waals surface area contributed by atoms with Crippen molar-refractivity contribution in [2.75, 3.05) is 5.75 Å². The Hall–Kier alpha value is -1.55. The first kappa shape index (κ1) is 18.8. The van der Waals surface area contributed by atoms with Crippen LogP contribution in [0.3, 0.4) is 0 Å². The summed E-state index contributed by atoms with van der Waals surface area (Å²) in [5.74, 6) is -1.33. The molecule has 5 atom stereocenters. The van der Waals surface area contributed by atoms with Gasteiger partial charge in [0, 0.05) is 5.56 Å². The van der Waals surface area contributed by atoms with Crippen molar-refractivity contribution in [2.45, 2.75) is 43.9 Å². The molecule has 1 aliphatic rings. The zero-order valence-corrected chi connectivity index (χ0v) is 13.8. The molecule has 9 heteroatoms. The van der Waals surface area contributed by atoms with E-state index in [1.807, 2.05) is 4.72 Å². The van der Waals surface area contributed by atoms with Gasteiger partial charge in [0.2, 0.25) is 10.0 Å². The average molecular weight is 361 g/mol. The van der Waals surface area contributed by atoms with Crippen LogP contribution < -0.4 is 4.72 Å². The Morgan fingerprint density at radius 1 is 1.25 bits per heavy atom. The van der Waals surface area contributed by atoms with Crippen LogP contribution in [0.25, 0.3) is 0 Å². The van der Waals surface area contributed by atoms with Crippen LogP contribution >= 0.6 is 0 Å². The molecule has 24 heavy (non-hydrogen) atoms. The van der Waals surface area contributed by atoms with Crippen LogP contribution in [0.5, 0.6) is 0 Å². The number of ether oxygens (including phenoxy) is 1. The van der Waals surface area contributed by atoms with Crippen LogP contribution in [0.15, 0.2) is 30.3 Å². The lowest BCUT2D eigenvalue weighted by atomic mass is 9.95. The van der Waals surface area contributed by atoms with E-state index in [4.69, 9.17) is 4.74 Å². The van der Waals surface area contributed by atoms with E-state index in [-0.39, 0.29) is 12.0 Å². The highest BCUT2D eigenvalue weighted by molar-refractivity contribution is 7.90. The third kappa shape index (κ3) is 4.50. The molecule has 1 saturated heterocycles. The second-order valence-electron chi connectivity index (χ2n) is 5.71. The number of hydrogen-bond acceptors (Lipinski definition) is 6. The van der Waals surface area contributed by atoms with Gasteiger partial charge < -0.3 is 14.9 Å². The molecule has 3 N–H and O–H groups in total. The van der Waals surface area contributed by atoms with Crippen LogP contribution in [0.2, 0.25) is 0 Å². The van der Waals surface area contributed by atoms with Crippen LogP contribution in [0.1, 0.15) is 23.7 Å². The molecule has 1 aromatic rings. The lowest BCUT2D eigenvalue weighted by Crippen LogP contribution is -2.55.